The number of fused-ring (bicyclic) bond motifs is 2. The molecule has 1 atom stereocenters. The summed E-state index contributed by atoms with van der Waals surface area (Å²) in [6.07, 6.45) is 7.05. The average Bonchev–Trinajstić information content (AvgIpc) is 2.91. The Bertz CT molecular complexity index is 970. The van der Waals surface area contributed by atoms with Crippen molar-refractivity contribution in [1.29, 1.82) is 0 Å². The zero-order chi connectivity index (χ0) is 19.6. The Morgan fingerprint density at radius 1 is 0.964 bits per heavy atom. The molecule has 28 heavy (non-hydrogen) atoms. The molecular weight excluding hydrogens is 374 g/mol. The Labute approximate surface area is 166 Å². The minimum atomic E-state index is -3.67. The number of sulfonamides is 1. The maximum absolute atomic E-state index is 12.5. The van der Waals surface area contributed by atoms with E-state index in [-0.39, 0.29) is 23.1 Å². The predicted molar refractivity (Wildman–Crippen MR) is 107 cm³/mol. The van der Waals surface area contributed by atoms with Gasteiger partial charge in [-0.15, -0.1) is 0 Å². The minimum absolute atomic E-state index is 0.134. The number of nitrogens with zero attached hydrogens (tertiary/aromatic N) is 1. The highest BCUT2D eigenvalue weighted by Gasteiger charge is 2.40. The number of aryl methyl sites for hydroxylation is 1. The summed E-state index contributed by atoms with van der Waals surface area (Å²) < 4.78 is 32.1. The first kappa shape index (κ1) is 19.0. The molecule has 0 saturated heterocycles. The molecule has 148 valence electrons. The lowest BCUT2D eigenvalue weighted by Gasteiger charge is -2.26. The first-order valence-electron chi connectivity index (χ1n) is 9.98. The largest absolute Gasteiger partial charge is 0.490 e. The first-order chi connectivity index (χ1) is 13.6. The second-order valence-electron chi connectivity index (χ2n) is 7.47. The molecule has 0 radical (unpaired) electrons. The van der Waals surface area contributed by atoms with Gasteiger partial charge in [-0.05, 0) is 55.9 Å². The molecule has 2 aromatic rings. The first-order valence-corrected chi connectivity index (χ1v) is 11.4. The zero-order valence-corrected chi connectivity index (χ0v) is 16.7. The molecule has 1 amide bonds. The van der Waals surface area contributed by atoms with Gasteiger partial charge in [0.25, 0.3) is 15.9 Å². The summed E-state index contributed by atoms with van der Waals surface area (Å²) in [6, 6.07) is 14.6. The van der Waals surface area contributed by atoms with Crippen molar-refractivity contribution in [3.8, 4) is 5.75 Å². The molecule has 0 aliphatic carbocycles. The Kier molecular flexibility index (Phi) is 5.40. The van der Waals surface area contributed by atoms with Gasteiger partial charge in [0.2, 0.25) is 0 Å². The Balaban J connectivity index is 1.20. The number of para-hydroxylation sites is 1. The Morgan fingerprint density at radius 2 is 1.71 bits per heavy atom. The van der Waals surface area contributed by atoms with E-state index in [2.05, 4.69) is 6.07 Å². The number of rotatable bonds is 7. The van der Waals surface area contributed by atoms with Crippen LogP contribution >= 0.6 is 0 Å². The molecule has 0 aromatic heterocycles. The fourth-order valence-electron chi connectivity index (χ4n) is 4.02. The Hall–Kier alpha value is -2.34. The van der Waals surface area contributed by atoms with Crippen LogP contribution in [0.5, 0.6) is 5.75 Å². The topological polar surface area (TPSA) is 63.7 Å². The van der Waals surface area contributed by atoms with Crippen molar-refractivity contribution in [2.75, 3.05) is 6.54 Å². The van der Waals surface area contributed by atoms with Gasteiger partial charge in [0.05, 0.1) is 11.7 Å². The molecule has 6 heteroatoms. The van der Waals surface area contributed by atoms with Crippen LogP contribution in [0, 0.1) is 0 Å². The normalized spacial score (nSPS) is 19.8. The second kappa shape index (κ2) is 7.95. The van der Waals surface area contributed by atoms with E-state index >= 15 is 0 Å². The van der Waals surface area contributed by atoms with E-state index in [1.165, 1.54) is 11.6 Å². The maximum Gasteiger partial charge on any atom is 0.269 e. The van der Waals surface area contributed by atoms with E-state index in [1.54, 1.807) is 18.2 Å². The number of hydrogen-bond acceptors (Lipinski definition) is 4. The summed E-state index contributed by atoms with van der Waals surface area (Å²) in [6.45, 7) is 0.253. The van der Waals surface area contributed by atoms with Crippen molar-refractivity contribution in [2.45, 2.75) is 55.9 Å². The van der Waals surface area contributed by atoms with Gasteiger partial charge in [0, 0.05) is 6.54 Å². The maximum atomic E-state index is 12.5. The highest BCUT2D eigenvalue weighted by molar-refractivity contribution is 7.90. The fourth-order valence-corrected chi connectivity index (χ4v) is 5.62. The number of amides is 1. The third-order valence-electron chi connectivity index (χ3n) is 5.55. The van der Waals surface area contributed by atoms with Gasteiger partial charge in [-0.25, -0.2) is 12.7 Å². The molecule has 5 nitrogen and oxygen atoms in total. The zero-order valence-electron chi connectivity index (χ0n) is 15.8. The van der Waals surface area contributed by atoms with E-state index in [1.807, 2.05) is 18.2 Å². The number of ether oxygens (including phenoxy) is 1. The molecule has 0 unspecified atom stereocenters. The van der Waals surface area contributed by atoms with Gasteiger partial charge in [-0.3, -0.25) is 4.79 Å². The lowest BCUT2D eigenvalue weighted by atomic mass is 9.98. The van der Waals surface area contributed by atoms with Crippen LogP contribution in [-0.4, -0.2) is 31.3 Å². The Morgan fingerprint density at radius 3 is 2.57 bits per heavy atom. The summed E-state index contributed by atoms with van der Waals surface area (Å²) in [7, 11) is -3.67. The summed E-state index contributed by atoms with van der Waals surface area (Å²) in [5.74, 6) is 0.612. The van der Waals surface area contributed by atoms with Crippen LogP contribution < -0.4 is 4.74 Å². The van der Waals surface area contributed by atoms with Gasteiger partial charge in [0.15, 0.2) is 0 Å². The number of unbranched alkanes of at least 4 members (excludes halogenated alkanes) is 3. The standard InChI is InChI=1S/C22H25NO4S/c24-22-19-11-5-7-13-21(19)28(25,26)23(22)16-8-2-1-3-10-18-15-14-17-9-4-6-12-20(17)27-18/h4-7,9,11-13,18H,1-3,8,10,14-16H2/t18-/m0/s1. The van der Waals surface area contributed by atoms with Crippen molar-refractivity contribution in [2.24, 2.45) is 0 Å². The number of hydrogen-bond donors (Lipinski definition) is 0. The number of benzene rings is 2. The monoisotopic (exact) mass is 399 g/mol. The van der Waals surface area contributed by atoms with Crippen LogP contribution in [0.4, 0.5) is 0 Å². The van der Waals surface area contributed by atoms with Crippen molar-refractivity contribution < 1.29 is 17.9 Å². The van der Waals surface area contributed by atoms with Crippen molar-refractivity contribution >= 4 is 15.9 Å². The van der Waals surface area contributed by atoms with Gasteiger partial charge in [-0.1, -0.05) is 43.2 Å². The molecular formula is C22H25NO4S. The predicted octanol–water partition coefficient (Wildman–Crippen LogP) is 4.18. The third kappa shape index (κ3) is 3.65. The van der Waals surface area contributed by atoms with Crippen LogP contribution in [0.2, 0.25) is 0 Å². The van der Waals surface area contributed by atoms with Crippen LogP contribution in [-0.2, 0) is 16.4 Å². The van der Waals surface area contributed by atoms with Crippen molar-refractivity contribution in [3.63, 3.8) is 0 Å². The van der Waals surface area contributed by atoms with Gasteiger partial charge >= 0.3 is 0 Å². The van der Waals surface area contributed by atoms with E-state index in [4.69, 9.17) is 4.74 Å². The van der Waals surface area contributed by atoms with E-state index in [9.17, 15) is 13.2 Å². The van der Waals surface area contributed by atoms with Crippen LogP contribution in [0.15, 0.2) is 53.4 Å². The third-order valence-corrected chi connectivity index (χ3v) is 7.39. The number of carbonyl (C=O) groups is 1. The van der Waals surface area contributed by atoms with Gasteiger partial charge < -0.3 is 4.74 Å². The van der Waals surface area contributed by atoms with Gasteiger partial charge in [-0.2, -0.15) is 0 Å². The summed E-state index contributed by atoms with van der Waals surface area (Å²) >= 11 is 0. The SMILES string of the molecule is O=C1c2ccccc2S(=O)(=O)N1CCCCCC[C@H]1CCc2ccccc2O1. The molecule has 4 rings (SSSR count). The molecule has 2 aliphatic rings. The summed E-state index contributed by atoms with van der Waals surface area (Å²) in [5, 5.41) is 0. The van der Waals surface area contributed by atoms with Crippen LogP contribution in [0.3, 0.4) is 0 Å². The molecule has 2 heterocycles. The second-order valence-corrected chi connectivity index (χ2v) is 9.30. The smallest absolute Gasteiger partial charge is 0.269 e. The average molecular weight is 400 g/mol. The molecule has 0 spiro atoms. The molecule has 0 fully saturated rings. The lowest BCUT2D eigenvalue weighted by Crippen LogP contribution is -2.31. The van der Waals surface area contributed by atoms with Crippen LogP contribution in [0.25, 0.3) is 0 Å². The lowest BCUT2D eigenvalue weighted by molar-refractivity contribution is 0.0869. The van der Waals surface area contributed by atoms with Crippen molar-refractivity contribution in [1.82, 2.24) is 4.31 Å². The summed E-state index contributed by atoms with van der Waals surface area (Å²) in [5.41, 5.74) is 1.58. The highest BCUT2D eigenvalue weighted by atomic mass is 32.2. The number of carbonyl (C=O) groups excluding carboxylic acids is 1. The molecule has 2 aromatic carbocycles. The van der Waals surface area contributed by atoms with E-state index in [0.29, 0.717) is 6.42 Å². The summed E-state index contributed by atoms with van der Waals surface area (Å²) in [4.78, 5) is 12.5. The van der Waals surface area contributed by atoms with Crippen molar-refractivity contribution in [3.05, 3.63) is 59.7 Å². The van der Waals surface area contributed by atoms with E-state index < -0.39 is 15.9 Å². The van der Waals surface area contributed by atoms with Gasteiger partial charge in [0.1, 0.15) is 10.6 Å². The quantitative estimate of drug-likeness (QED) is 0.656. The molecule has 0 bridgehead atoms. The van der Waals surface area contributed by atoms with E-state index in [0.717, 1.165) is 48.6 Å². The molecule has 0 saturated carbocycles. The minimum Gasteiger partial charge on any atom is -0.490 e. The molecule has 2 aliphatic heterocycles. The van der Waals surface area contributed by atoms with Crippen LogP contribution in [0.1, 0.15) is 54.4 Å². The highest BCUT2D eigenvalue weighted by Crippen LogP contribution is 2.31. The fraction of sp³-hybridized carbons (Fsp3) is 0.409. The molecule has 0 N–H and O–H groups in total.